The van der Waals surface area contributed by atoms with Gasteiger partial charge in [0, 0.05) is 30.8 Å². The van der Waals surface area contributed by atoms with E-state index in [0.717, 1.165) is 11.6 Å². The van der Waals surface area contributed by atoms with Crippen LogP contribution >= 0.6 is 11.3 Å². The third-order valence-electron chi connectivity index (χ3n) is 3.71. The molecule has 1 aromatic heterocycles. The molecule has 2 heterocycles. The van der Waals surface area contributed by atoms with Gasteiger partial charge in [-0.3, -0.25) is 15.5 Å². The maximum atomic E-state index is 12.9. The molecule has 0 bridgehead atoms. The number of hydrogen-bond donors (Lipinski definition) is 1. The monoisotopic (exact) mass is 396 g/mol. The summed E-state index contributed by atoms with van der Waals surface area (Å²) in [6.07, 6.45) is 1.54. The van der Waals surface area contributed by atoms with Gasteiger partial charge in [0.15, 0.2) is 0 Å². The Hall–Kier alpha value is -2.34. The van der Waals surface area contributed by atoms with Crippen molar-refractivity contribution in [3.05, 3.63) is 50.7 Å². The van der Waals surface area contributed by atoms with Crippen LogP contribution in [0.3, 0.4) is 0 Å². The quantitative estimate of drug-likeness (QED) is 0.454. The molecule has 0 radical (unpaired) electrons. The zero-order chi connectivity index (χ0) is 18.6. The molecule has 0 aliphatic carbocycles. The normalized spacial score (nSPS) is 16.0. The van der Waals surface area contributed by atoms with Crippen LogP contribution in [0.4, 0.5) is 11.4 Å². The van der Waals surface area contributed by atoms with Crippen molar-refractivity contribution in [1.29, 1.82) is 0 Å². The molecule has 1 aliphatic rings. The van der Waals surface area contributed by atoms with Crippen molar-refractivity contribution < 1.29 is 18.1 Å². The minimum atomic E-state index is -3.92. The van der Waals surface area contributed by atoms with Crippen LogP contribution in [-0.2, 0) is 14.8 Å². The van der Waals surface area contributed by atoms with Gasteiger partial charge in [0.1, 0.15) is 4.90 Å². The Morgan fingerprint density at radius 1 is 1.31 bits per heavy atom. The number of nitro groups is 1. The lowest BCUT2D eigenvalue weighted by Crippen LogP contribution is -2.40. The average Bonchev–Trinajstić information content (AvgIpc) is 3.16. The minimum Gasteiger partial charge on any atom is -0.379 e. The topological polar surface area (TPSA) is 114 Å². The van der Waals surface area contributed by atoms with Crippen LogP contribution in [0.1, 0.15) is 5.56 Å². The van der Waals surface area contributed by atoms with Crippen molar-refractivity contribution in [2.24, 2.45) is 5.10 Å². The second-order valence-corrected chi connectivity index (χ2v) is 8.07. The van der Waals surface area contributed by atoms with Crippen LogP contribution in [0.15, 0.2) is 45.0 Å². The van der Waals surface area contributed by atoms with Gasteiger partial charge in [-0.2, -0.15) is 20.7 Å². The number of rotatable bonds is 6. The molecule has 0 amide bonds. The highest BCUT2D eigenvalue weighted by molar-refractivity contribution is 7.89. The van der Waals surface area contributed by atoms with E-state index in [-0.39, 0.29) is 42.6 Å². The van der Waals surface area contributed by atoms with Gasteiger partial charge < -0.3 is 4.74 Å². The zero-order valence-corrected chi connectivity index (χ0v) is 15.2. The minimum absolute atomic E-state index is 0.175. The highest BCUT2D eigenvalue weighted by Crippen LogP contribution is 2.29. The molecule has 0 unspecified atom stereocenters. The number of morpholine rings is 1. The first kappa shape index (κ1) is 18.5. The molecule has 0 saturated carbocycles. The molecular formula is C15H16N4O5S2. The smallest absolute Gasteiger partial charge is 0.270 e. The summed E-state index contributed by atoms with van der Waals surface area (Å²) >= 11 is 1.51. The summed E-state index contributed by atoms with van der Waals surface area (Å²) in [4.78, 5) is 10.3. The first-order valence-electron chi connectivity index (χ1n) is 7.66. The van der Waals surface area contributed by atoms with Crippen LogP contribution < -0.4 is 5.43 Å². The number of nitrogens with zero attached hydrogens (tertiary/aromatic N) is 3. The Morgan fingerprint density at radius 2 is 2.08 bits per heavy atom. The number of anilines is 1. The number of benzene rings is 1. The van der Waals surface area contributed by atoms with Gasteiger partial charge in [-0.1, -0.05) is 0 Å². The van der Waals surface area contributed by atoms with E-state index < -0.39 is 14.9 Å². The van der Waals surface area contributed by atoms with Crippen molar-refractivity contribution >= 4 is 38.9 Å². The molecule has 1 aromatic carbocycles. The van der Waals surface area contributed by atoms with Gasteiger partial charge in [-0.05, 0) is 22.9 Å². The number of hydrazone groups is 1. The lowest BCUT2D eigenvalue weighted by Gasteiger charge is -2.26. The van der Waals surface area contributed by atoms with E-state index in [0.29, 0.717) is 0 Å². The summed E-state index contributed by atoms with van der Waals surface area (Å²) in [5.74, 6) is 0. The largest absolute Gasteiger partial charge is 0.379 e. The second kappa shape index (κ2) is 7.91. The molecule has 0 atom stereocenters. The third kappa shape index (κ3) is 4.07. The van der Waals surface area contributed by atoms with Crippen molar-refractivity contribution in [2.75, 3.05) is 31.7 Å². The summed E-state index contributed by atoms with van der Waals surface area (Å²) in [5, 5.41) is 18.9. The average molecular weight is 396 g/mol. The van der Waals surface area contributed by atoms with Crippen LogP contribution in [0.25, 0.3) is 0 Å². The fourth-order valence-electron chi connectivity index (χ4n) is 2.38. The van der Waals surface area contributed by atoms with Gasteiger partial charge in [0.2, 0.25) is 10.0 Å². The molecule has 1 aliphatic heterocycles. The van der Waals surface area contributed by atoms with E-state index in [1.165, 1.54) is 27.8 Å². The number of non-ortho nitro benzene ring substituents is 1. The van der Waals surface area contributed by atoms with Crippen molar-refractivity contribution in [2.45, 2.75) is 4.90 Å². The van der Waals surface area contributed by atoms with Crippen molar-refractivity contribution in [3.8, 4) is 0 Å². The van der Waals surface area contributed by atoms with E-state index in [2.05, 4.69) is 10.5 Å². The van der Waals surface area contributed by atoms with E-state index in [4.69, 9.17) is 4.74 Å². The number of nitro benzene ring substituents is 1. The number of sulfonamides is 1. The van der Waals surface area contributed by atoms with Crippen molar-refractivity contribution in [1.82, 2.24) is 4.31 Å². The Balaban J connectivity index is 1.94. The predicted octanol–water partition coefficient (Wildman–Crippen LogP) is 2.12. The standard InChI is InChI=1S/C15H16N4O5S2/c20-19(21)13-1-2-14(17-16-10-12-3-8-25-11-12)15(9-13)26(22,23)18-4-6-24-7-5-18/h1-3,8-11,17H,4-7H2/b16-10+. The predicted molar refractivity (Wildman–Crippen MR) is 98.2 cm³/mol. The summed E-state index contributed by atoms with van der Waals surface area (Å²) in [6, 6.07) is 5.49. The number of thiophene rings is 1. The van der Waals surface area contributed by atoms with Crippen LogP contribution in [0.2, 0.25) is 0 Å². The molecule has 1 fully saturated rings. The van der Waals surface area contributed by atoms with E-state index in [9.17, 15) is 18.5 Å². The first-order chi connectivity index (χ1) is 12.5. The van der Waals surface area contributed by atoms with Crippen LogP contribution in [0.5, 0.6) is 0 Å². The number of nitrogens with one attached hydrogen (secondary N) is 1. The highest BCUT2D eigenvalue weighted by Gasteiger charge is 2.30. The lowest BCUT2D eigenvalue weighted by molar-refractivity contribution is -0.385. The van der Waals surface area contributed by atoms with E-state index >= 15 is 0 Å². The van der Waals surface area contributed by atoms with E-state index in [1.54, 1.807) is 6.21 Å². The maximum absolute atomic E-state index is 12.9. The van der Waals surface area contributed by atoms with Gasteiger partial charge in [-0.15, -0.1) is 0 Å². The van der Waals surface area contributed by atoms with Crippen LogP contribution in [0, 0.1) is 10.1 Å². The third-order valence-corrected chi connectivity index (χ3v) is 6.35. The molecule has 26 heavy (non-hydrogen) atoms. The van der Waals surface area contributed by atoms with Crippen molar-refractivity contribution in [3.63, 3.8) is 0 Å². The van der Waals surface area contributed by atoms with Gasteiger partial charge in [-0.25, -0.2) is 8.42 Å². The summed E-state index contributed by atoms with van der Waals surface area (Å²) in [6.45, 7) is 0.964. The Kier molecular flexibility index (Phi) is 5.61. The van der Waals surface area contributed by atoms with Gasteiger partial charge in [0.25, 0.3) is 5.69 Å². The summed E-state index contributed by atoms with van der Waals surface area (Å²) in [5.41, 5.74) is 3.41. The van der Waals surface area contributed by atoms with Gasteiger partial charge >= 0.3 is 0 Å². The molecule has 0 spiro atoms. The van der Waals surface area contributed by atoms with Gasteiger partial charge in [0.05, 0.1) is 30.0 Å². The fraction of sp³-hybridized carbons (Fsp3) is 0.267. The second-order valence-electron chi connectivity index (χ2n) is 5.38. The molecule has 3 rings (SSSR count). The SMILES string of the molecule is O=[N+]([O-])c1ccc(N/N=C/c2ccsc2)c(S(=O)(=O)N2CCOCC2)c1. The molecule has 138 valence electrons. The Bertz CT molecular complexity index is 906. The molecule has 2 aromatic rings. The zero-order valence-electron chi connectivity index (χ0n) is 13.6. The number of hydrogen-bond acceptors (Lipinski definition) is 8. The molecule has 11 heteroatoms. The Morgan fingerprint density at radius 3 is 2.73 bits per heavy atom. The van der Waals surface area contributed by atoms with E-state index in [1.807, 2.05) is 16.8 Å². The molecule has 9 nitrogen and oxygen atoms in total. The number of ether oxygens (including phenoxy) is 1. The Labute approximate surface area is 154 Å². The molecule has 1 saturated heterocycles. The maximum Gasteiger partial charge on any atom is 0.270 e. The van der Waals surface area contributed by atoms with Crippen LogP contribution in [-0.4, -0.2) is 50.2 Å². The first-order valence-corrected chi connectivity index (χ1v) is 10.0. The highest BCUT2D eigenvalue weighted by atomic mass is 32.2. The fourth-order valence-corrected chi connectivity index (χ4v) is 4.56. The lowest BCUT2D eigenvalue weighted by atomic mass is 10.3. The molecule has 1 N–H and O–H groups in total. The summed E-state index contributed by atoms with van der Waals surface area (Å²) < 4.78 is 32.3. The summed E-state index contributed by atoms with van der Waals surface area (Å²) in [7, 11) is -3.92. The molecular weight excluding hydrogens is 380 g/mol.